The van der Waals surface area contributed by atoms with Crippen molar-refractivity contribution in [2.45, 2.75) is 17.5 Å². The van der Waals surface area contributed by atoms with E-state index in [1.54, 1.807) is 41.7 Å². The van der Waals surface area contributed by atoms with Crippen LogP contribution in [0.2, 0.25) is 0 Å². The molecule has 0 unspecified atom stereocenters. The first-order valence-corrected chi connectivity index (χ1v) is 11.5. The zero-order valence-electron chi connectivity index (χ0n) is 16.7. The van der Waals surface area contributed by atoms with Gasteiger partial charge in [-0.2, -0.15) is 0 Å². The van der Waals surface area contributed by atoms with Gasteiger partial charge in [0.05, 0.1) is 16.8 Å². The number of thiazole rings is 1. The van der Waals surface area contributed by atoms with E-state index in [9.17, 15) is 4.79 Å². The van der Waals surface area contributed by atoms with Gasteiger partial charge in [-0.25, -0.2) is 15.0 Å². The molecule has 0 aliphatic heterocycles. The first kappa shape index (κ1) is 19.7. The molecule has 2 aromatic carbocycles. The molecule has 0 saturated heterocycles. The van der Waals surface area contributed by atoms with Crippen molar-refractivity contribution in [1.82, 2.24) is 19.9 Å². The molecule has 154 valence electrons. The number of furan rings is 1. The Morgan fingerprint density at radius 2 is 1.84 bits per heavy atom. The summed E-state index contributed by atoms with van der Waals surface area (Å²) >= 11 is 3.08. The Hall–Kier alpha value is -3.23. The second-order valence-electron chi connectivity index (χ2n) is 6.96. The molecule has 31 heavy (non-hydrogen) atoms. The highest BCUT2D eigenvalue weighted by Crippen LogP contribution is 2.32. The largest absolute Gasteiger partial charge is 0.451 e. The summed E-state index contributed by atoms with van der Waals surface area (Å²) in [5.74, 6) is 0.727. The number of carbonyl (C=O) groups excluding carboxylic acids is 1. The molecule has 0 saturated carbocycles. The highest BCUT2D eigenvalue weighted by molar-refractivity contribution is 7.98. The lowest BCUT2D eigenvalue weighted by Gasteiger charge is -2.15. The van der Waals surface area contributed by atoms with Crippen LogP contribution in [0.15, 0.2) is 76.6 Å². The fourth-order valence-electron chi connectivity index (χ4n) is 3.35. The minimum atomic E-state index is -0.167. The van der Waals surface area contributed by atoms with Crippen molar-refractivity contribution in [3.8, 4) is 0 Å². The Morgan fingerprint density at radius 1 is 1.06 bits per heavy atom. The van der Waals surface area contributed by atoms with Gasteiger partial charge in [0.25, 0.3) is 5.91 Å². The van der Waals surface area contributed by atoms with Gasteiger partial charge in [0.1, 0.15) is 10.6 Å². The topological polar surface area (TPSA) is 72.1 Å². The minimum absolute atomic E-state index is 0.167. The van der Waals surface area contributed by atoms with E-state index in [0.29, 0.717) is 28.8 Å². The Balaban J connectivity index is 1.43. The van der Waals surface area contributed by atoms with E-state index in [1.165, 1.54) is 11.8 Å². The first-order chi connectivity index (χ1) is 15.2. The zero-order chi connectivity index (χ0) is 21.2. The van der Waals surface area contributed by atoms with Crippen LogP contribution in [0.1, 0.15) is 21.1 Å². The fraction of sp³-hybridized carbons (Fsp3) is 0.130. The van der Waals surface area contributed by atoms with Gasteiger partial charge >= 0.3 is 0 Å². The third-order valence-corrected chi connectivity index (χ3v) is 6.76. The number of benzene rings is 2. The second-order valence-corrected chi connectivity index (χ2v) is 9.02. The Kier molecular flexibility index (Phi) is 5.40. The average Bonchev–Trinajstić information content (AvgIpc) is 3.38. The number of fused-ring (bicyclic) bond motifs is 2. The van der Waals surface area contributed by atoms with E-state index >= 15 is 0 Å². The predicted octanol–water partition coefficient (Wildman–Crippen LogP) is 5.40. The van der Waals surface area contributed by atoms with Gasteiger partial charge in [-0.3, -0.25) is 4.79 Å². The molecule has 0 aliphatic carbocycles. The number of rotatable bonds is 6. The van der Waals surface area contributed by atoms with E-state index < -0.39 is 0 Å². The molecule has 5 rings (SSSR count). The van der Waals surface area contributed by atoms with Crippen molar-refractivity contribution in [2.24, 2.45) is 0 Å². The van der Waals surface area contributed by atoms with Gasteiger partial charge in [0, 0.05) is 36.1 Å². The number of nitrogens with zero attached hydrogens (tertiary/aromatic N) is 4. The van der Waals surface area contributed by atoms with Crippen LogP contribution in [0.4, 0.5) is 0 Å². The van der Waals surface area contributed by atoms with E-state index in [2.05, 4.69) is 15.0 Å². The molecular formula is C23H18N4O2S2. The number of thioether (sulfide) groups is 1. The Labute approximate surface area is 187 Å². The average molecular weight is 447 g/mol. The van der Waals surface area contributed by atoms with Crippen molar-refractivity contribution in [3.63, 3.8) is 0 Å². The molecule has 3 heterocycles. The van der Waals surface area contributed by atoms with Crippen molar-refractivity contribution in [3.05, 3.63) is 83.3 Å². The highest BCUT2D eigenvalue weighted by Gasteiger charge is 2.24. The summed E-state index contributed by atoms with van der Waals surface area (Å²) in [6, 6.07) is 17.5. The van der Waals surface area contributed by atoms with Crippen LogP contribution in [-0.4, -0.2) is 32.8 Å². The third-order valence-electron chi connectivity index (χ3n) is 4.84. The van der Waals surface area contributed by atoms with Crippen molar-refractivity contribution < 1.29 is 9.21 Å². The van der Waals surface area contributed by atoms with Gasteiger partial charge in [0.15, 0.2) is 10.9 Å². The molecule has 0 radical (unpaired) electrons. The molecule has 6 nitrogen and oxygen atoms in total. The monoisotopic (exact) mass is 446 g/mol. The van der Waals surface area contributed by atoms with Crippen LogP contribution >= 0.6 is 23.1 Å². The lowest BCUT2D eigenvalue weighted by molar-refractivity contribution is 0.0754. The van der Waals surface area contributed by atoms with Gasteiger partial charge < -0.3 is 9.32 Å². The number of amides is 1. The molecule has 0 aliphatic rings. The van der Waals surface area contributed by atoms with E-state index in [0.717, 1.165) is 26.2 Å². The zero-order valence-corrected chi connectivity index (χ0v) is 18.3. The standard InChI is InChI=1S/C23H18N4O2S2/c1-27(13-20-26-17-8-3-5-10-19(17)31-20)22(28)21-16(14-30-23-24-11-6-12-25-23)15-7-2-4-9-18(15)29-21/h2-12H,13-14H2,1H3. The third kappa shape index (κ3) is 4.04. The quantitative estimate of drug-likeness (QED) is 0.257. The molecule has 0 N–H and O–H groups in total. The first-order valence-electron chi connectivity index (χ1n) is 9.69. The van der Waals surface area contributed by atoms with E-state index in [-0.39, 0.29) is 5.91 Å². The molecule has 5 aromatic rings. The SMILES string of the molecule is CN(Cc1nc2ccccc2s1)C(=O)c1oc2ccccc2c1CSc1ncccn1. The maximum atomic E-state index is 13.3. The summed E-state index contributed by atoms with van der Waals surface area (Å²) in [4.78, 5) is 28.2. The van der Waals surface area contributed by atoms with E-state index in [4.69, 9.17) is 4.42 Å². The maximum absolute atomic E-state index is 13.3. The molecular weight excluding hydrogens is 428 g/mol. The van der Waals surface area contributed by atoms with Crippen LogP contribution in [0.25, 0.3) is 21.2 Å². The molecule has 0 spiro atoms. The maximum Gasteiger partial charge on any atom is 0.290 e. The molecule has 0 bridgehead atoms. The normalized spacial score (nSPS) is 11.3. The molecule has 8 heteroatoms. The van der Waals surface area contributed by atoms with Gasteiger partial charge in [-0.05, 0) is 24.3 Å². The summed E-state index contributed by atoms with van der Waals surface area (Å²) < 4.78 is 7.12. The van der Waals surface area contributed by atoms with Crippen LogP contribution in [0.3, 0.4) is 0 Å². The van der Waals surface area contributed by atoms with Crippen LogP contribution < -0.4 is 0 Å². The summed E-state index contributed by atoms with van der Waals surface area (Å²) in [5.41, 5.74) is 2.50. The van der Waals surface area contributed by atoms with Gasteiger partial charge in [0.2, 0.25) is 0 Å². The smallest absolute Gasteiger partial charge is 0.290 e. The van der Waals surface area contributed by atoms with Crippen LogP contribution in [-0.2, 0) is 12.3 Å². The summed E-state index contributed by atoms with van der Waals surface area (Å²) in [6.45, 7) is 0.420. The lowest BCUT2D eigenvalue weighted by Crippen LogP contribution is -2.26. The van der Waals surface area contributed by atoms with Crippen molar-refractivity contribution in [1.29, 1.82) is 0 Å². The predicted molar refractivity (Wildman–Crippen MR) is 123 cm³/mol. The number of aromatic nitrogens is 3. The second kappa shape index (κ2) is 8.49. The van der Waals surface area contributed by atoms with E-state index in [1.807, 2.05) is 48.5 Å². The van der Waals surface area contributed by atoms with Gasteiger partial charge in [-0.15, -0.1) is 11.3 Å². The molecule has 1 amide bonds. The number of hydrogen-bond acceptors (Lipinski definition) is 7. The minimum Gasteiger partial charge on any atom is -0.451 e. The van der Waals surface area contributed by atoms with Crippen molar-refractivity contribution >= 4 is 50.2 Å². The highest BCUT2D eigenvalue weighted by atomic mass is 32.2. The summed E-state index contributed by atoms with van der Waals surface area (Å²) in [6.07, 6.45) is 3.42. The lowest BCUT2D eigenvalue weighted by atomic mass is 10.1. The van der Waals surface area contributed by atoms with Gasteiger partial charge in [-0.1, -0.05) is 42.1 Å². The number of carbonyl (C=O) groups is 1. The molecule has 0 atom stereocenters. The summed E-state index contributed by atoms with van der Waals surface area (Å²) in [7, 11) is 1.78. The Bertz CT molecular complexity index is 1330. The van der Waals surface area contributed by atoms with Crippen LogP contribution in [0, 0.1) is 0 Å². The molecule has 3 aromatic heterocycles. The van der Waals surface area contributed by atoms with Crippen LogP contribution in [0.5, 0.6) is 0 Å². The number of para-hydroxylation sites is 2. The Morgan fingerprint density at radius 3 is 2.68 bits per heavy atom. The van der Waals surface area contributed by atoms with Crippen molar-refractivity contribution in [2.75, 3.05) is 7.05 Å². The summed E-state index contributed by atoms with van der Waals surface area (Å²) in [5, 5.41) is 2.48. The fourth-order valence-corrected chi connectivity index (χ4v) is 5.20. The number of hydrogen-bond donors (Lipinski definition) is 0. The molecule has 0 fully saturated rings.